The maximum atomic E-state index is 11.2. The first-order valence-corrected chi connectivity index (χ1v) is 6.05. The summed E-state index contributed by atoms with van der Waals surface area (Å²) in [6.07, 6.45) is -0.0364. The van der Waals surface area contributed by atoms with Crippen LogP contribution < -0.4 is 4.74 Å². The molecule has 1 saturated carbocycles. The van der Waals surface area contributed by atoms with Gasteiger partial charge >= 0.3 is 5.97 Å². The Bertz CT molecular complexity index is 454. The van der Waals surface area contributed by atoms with Crippen molar-refractivity contribution in [1.82, 2.24) is 0 Å². The first-order chi connectivity index (χ1) is 8.01. The summed E-state index contributed by atoms with van der Waals surface area (Å²) in [5.74, 6) is -0.444. The standard InChI is InChI=1S/C12H13BrO4/c1-17-9-3-2-7(13)6-8(9)10(14)12(4-5-12)11(15)16/h2-3,6,10,14H,4-5H2,1H3,(H,15,16). The third kappa shape index (κ3) is 2.05. The lowest BCUT2D eigenvalue weighted by Gasteiger charge is -2.20. The summed E-state index contributed by atoms with van der Waals surface area (Å²) in [5.41, 5.74) is -0.518. The van der Waals surface area contributed by atoms with Crippen LogP contribution in [0.4, 0.5) is 0 Å². The van der Waals surface area contributed by atoms with E-state index in [0.717, 1.165) is 4.47 Å². The zero-order valence-electron chi connectivity index (χ0n) is 9.31. The largest absolute Gasteiger partial charge is 0.496 e. The van der Waals surface area contributed by atoms with E-state index in [9.17, 15) is 9.90 Å². The number of carboxylic acid groups (broad SMARTS) is 1. The number of rotatable bonds is 4. The lowest BCUT2D eigenvalue weighted by molar-refractivity contribution is -0.148. The third-order valence-corrected chi connectivity index (χ3v) is 3.72. The van der Waals surface area contributed by atoms with Gasteiger partial charge in [-0.05, 0) is 31.0 Å². The van der Waals surface area contributed by atoms with Gasteiger partial charge in [0, 0.05) is 10.0 Å². The van der Waals surface area contributed by atoms with E-state index in [-0.39, 0.29) is 0 Å². The van der Waals surface area contributed by atoms with Gasteiger partial charge in [-0.1, -0.05) is 15.9 Å². The second-order valence-electron chi connectivity index (χ2n) is 4.25. The number of hydrogen-bond donors (Lipinski definition) is 2. The molecule has 5 heteroatoms. The van der Waals surface area contributed by atoms with Crippen LogP contribution in [0.15, 0.2) is 22.7 Å². The number of aliphatic hydroxyl groups excluding tert-OH is 1. The summed E-state index contributed by atoms with van der Waals surface area (Å²) in [7, 11) is 1.50. The molecule has 92 valence electrons. The molecule has 0 aliphatic heterocycles. The smallest absolute Gasteiger partial charge is 0.312 e. The molecule has 0 aromatic heterocycles. The number of halogens is 1. The van der Waals surface area contributed by atoms with Crippen LogP contribution in [-0.2, 0) is 4.79 Å². The van der Waals surface area contributed by atoms with Crippen molar-refractivity contribution in [3.05, 3.63) is 28.2 Å². The van der Waals surface area contributed by atoms with E-state index in [2.05, 4.69) is 15.9 Å². The molecule has 0 saturated heterocycles. The predicted molar refractivity (Wildman–Crippen MR) is 65.0 cm³/mol. The average molecular weight is 301 g/mol. The van der Waals surface area contributed by atoms with Crippen LogP contribution in [-0.4, -0.2) is 23.3 Å². The van der Waals surface area contributed by atoms with Gasteiger partial charge in [-0.25, -0.2) is 0 Å². The number of benzene rings is 1. The molecular formula is C12H13BrO4. The summed E-state index contributed by atoms with van der Waals surface area (Å²) in [5, 5.41) is 19.4. The van der Waals surface area contributed by atoms with Crippen LogP contribution in [0, 0.1) is 5.41 Å². The van der Waals surface area contributed by atoms with Crippen molar-refractivity contribution in [3.8, 4) is 5.75 Å². The third-order valence-electron chi connectivity index (χ3n) is 3.22. The first-order valence-electron chi connectivity index (χ1n) is 5.26. The van der Waals surface area contributed by atoms with Gasteiger partial charge in [0.15, 0.2) is 0 Å². The zero-order valence-corrected chi connectivity index (χ0v) is 10.9. The summed E-state index contributed by atoms with van der Waals surface area (Å²) in [6.45, 7) is 0. The summed E-state index contributed by atoms with van der Waals surface area (Å²) in [6, 6.07) is 5.20. The molecule has 0 amide bonds. The van der Waals surface area contributed by atoms with Crippen molar-refractivity contribution < 1.29 is 19.7 Å². The van der Waals surface area contributed by atoms with E-state index >= 15 is 0 Å². The van der Waals surface area contributed by atoms with E-state index in [1.807, 2.05) is 0 Å². The van der Waals surface area contributed by atoms with Crippen molar-refractivity contribution in [3.63, 3.8) is 0 Å². The molecule has 0 spiro atoms. The van der Waals surface area contributed by atoms with Gasteiger partial charge in [0.05, 0.1) is 18.6 Å². The monoisotopic (exact) mass is 300 g/mol. The quantitative estimate of drug-likeness (QED) is 0.896. The van der Waals surface area contributed by atoms with E-state index in [0.29, 0.717) is 24.2 Å². The van der Waals surface area contributed by atoms with Gasteiger partial charge in [-0.2, -0.15) is 0 Å². The Hall–Kier alpha value is -1.07. The van der Waals surface area contributed by atoms with Gasteiger partial charge in [0.25, 0.3) is 0 Å². The van der Waals surface area contributed by atoms with Crippen LogP contribution >= 0.6 is 15.9 Å². The molecule has 1 atom stereocenters. The van der Waals surface area contributed by atoms with Crippen molar-refractivity contribution in [2.45, 2.75) is 18.9 Å². The van der Waals surface area contributed by atoms with E-state index in [1.165, 1.54) is 7.11 Å². The fraction of sp³-hybridized carbons (Fsp3) is 0.417. The van der Waals surface area contributed by atoms with Crippen LogP contribution in [0.2, 0.25) is 0 Å². The number of ether oxygens (including phenoxy) is 1. The van der Waals surface area contributed by atoms with Gasteiger partial charge in [-0.15, -0.1) is 0 Å². The average Bonchev–Trinajstić information content (AvgIpc) is 3.09. The molecule has 17 heavy (non-hydrogen) atoms. The molecule has 4 nitrogen and oxygen atoms in total. The number of aliphatic hydroxyl groups is 1. The number of carbonyl (C=O) groups is 1. The highest BCUT2D eigenvalue weighted by Crippen LogP contribution is 2.56. The van der Waals surface area contributed by atoms with Crippen LogP contribution in [0.3, 0.4) is 0 Å². The van der Waals surface area contributed by atoms with Crippen molar-refractivity contribution in [1.29, 1.82) is 0 Å². The van der Waals surface area contributed by atoms with E-state index < -0.39 is 17.5 Å². The molecule has 2 N–H and O–H groups in total. The van der Waals surface area contributed by atoms with E-state index in [4.69, 9.17) is 9.84 Å². The second-order valence-corrected chi connectivity index (χ2v) is 5.17. The second kappa shape index (κ2) is 4.31. The Balaban J connectivity index is 2.40. The van der Waals surface area contributed by atoms with Crippen LogP contribution in [0.1, 0.15) is 24.5 Å². The lowest BCUT2D eigenvalue weighted by Crippen LogP contribution is -2.23. The molecular weight excluding hydrogens is 288 g/mol. The minimum absolute atomic E-state index is 0.499. The fourth-order valence-electron chi connectivity index (χ4n) is 1.96. The van der Waals surface area contributed by atoms with E-state index in [1.54, 1.807) is 18.2 Å². The minimum atomic E-state index is -1.03. The molecule has 2 rings (SSSR count). The Morgan fingerprint density at radius 1 is 1.53 bits per heavy atom. The molecule has 1 aliphatic carbocycles. The number of methoxy groups -OCH3 is 1. The highest BCUT2D eigenvalue weighted by molar-refractivity contribution is 9.10. The summed E-state index contributed by atoms with van der Waals surface area (Å²) in [4.78, 5) is 11.2. The normalized spacial score (nSPS) is 18.5. The minimum Gasteiger partial charge on any atom is -0.496 e. The van der Waals surface area contributed by atoms with Gasteiger partial charge < -0.3 is 14.9 Å². The molecule has 0 bridgehead atoms. The maximum absolute atomic E-state index is 11.2. The molecule has 1 aromatic rings. The lowest BCUT2D eigenvalue weighted by atomic mass is 9.92. The number of carboxylic acids is 1. The van der Waals surface area contributed by atoms with Crippen LogP contribution in [0.5, 0.6) is 5.75 Å². The molecule has 1 fully saturated rings. The van der Waals surface area contributed by atoms with Gasteiger partial charge in [0.2, 0.25) is 0 Å². The van der Waals surface area contributed by atoms with Crippen molar-refractivity contribution in [2.75, 3.05) is 7.11 Å². The zero-order chi connectivity index (χ0) is 12.6. The Kier molecular flexibility index (Phi) is 3.14. The topological polar surface area (TPSA) is 66.8 Å². The summed E-state index contributed by atoms with van der Waals surface area (Å²) >= 11 is 3.30. The molecule has 1 aromatic carbocycles. The van der Waals surface area contributed by atoms with Crippen molar-refractivity contribution in [2.24, 2.45) is 5.41 Å². The molecule has 0 heterocycles. The first kappa shape index (κ1) is 12.4. The fourth-order valence-corrected chi connectivity index (χ4v) is 2.33. The molecule has 1 aliphatic rings. The van der Waals surface area contributed by atoms with Crippen LogP contribution in [0.25, 0.3) is 0 Å². The van der Waals surface area contributed by atoms with Crippen molar-refractivity contribution >= 4 is 21.9 Å². The number of aliphatic carboxylic acids is 1. The SMILES string of the molecule is COc1ccc(Br)cc1C(O)C1(C(=O)O)CC1. The summed E-state index contributed by atoms with van der Waals surface area (Å²) < 4.78 is 5.94. The highest BCUT2D eigenvalue weighted by atomic mass is 79.9. The Labute approximate surface area is 107 Å². The molecule has 1 unspecified atom stereocenters. The van der Waals surface area contributed by atoms with Gasteiger partial charge in [0.1, 0.15) is 5.75 Å². The van der Waals surface area contributed by atoms with Gasteiger partial charge in [-0.3, -0.25) is 4.79 Å². The predicted octanol–water partition coefficient (Wildman–Crippen LogP) is 2.36. The Morgan fingerprint density at radius 2 is 2.18 bits per heavy atom. The number of hydrogen-bond acceptors (Lipinski definition) is 3. The maximum Gasteiger partial charge on any atom is 0.312 e. The highest BCUT2D eigenvalue weighted by Gasteiger charge is 2.57. The Morgan fingerprint density at radius 3 is 2.65 bits per heavy atom. The molecule has 0 radical (unpaired) electrons.